The first kappa shape index (κ1) is 24.5. The monoisotopic (exact) mass is 496 g/mol. The molecule has 1 atom stereocenters. The molecule has 1 saturated heterocycles. The second-order valence-electron chi connectivity index (χ2n) is 9.39. The van der Waals surface area contributed by atoms with E-state index in [9.17, 15) is 4.39 Å². The Morgan fingerprint density at radius 3 is 2.65 bits per heavy atom. The second-order valence-corrected chi connectivity index (χ2v) is 9.39. The summed E-state index contributed by atoms with van der Waals surface area (Å²) in [5.41, 5.74) is 12.6. The first-order chi connectivity index (χ1) is 18.0. The molecule has 6 nitrogen and oxygen atoms in total. The standard InChI is InChI=1S/C30H29FN4O2/c1-3-20-4-6-22(7-5-20)28-19(2)24-9-10-26(33)25(15-32)29(24)37-30(28)27-11-8-23(16-34-27)36-13-12-35-17-21(14-31)18-35/h1,4-11,15-16,21,30,32H,12-14,17-18,33H2,2H3. The summed E-state index contributed by atoms with van der Waals surface area (Å²) in [4.78, 5) is 6.86. The smallest absolute Gasteiger partial charge is 0.166 e. The van der Waals surface area contributed by atoms with Crippen molar-refractivity contribution in [2.24, 2.45) is 5.92 Å². The Labute approximate surface area is 216 Å². The second kappa shape index (κ2) is 10.5. The number of rotatable bonds is 8. The zero-order valence-electron chi connectivity index (χ0n) is 20.7. The number of nitrogens with zero attached hydrogens (tertiary/aromatic N) is 2. The van der Waals surface area contributed by atoms with Gasteiger partial charge in [-0.2, -0.15) is 0 Å². The van der Waals surface area contributed by atoms with Gasteiger partial charge >= 0.3 is 0 Å². The zero-order chi connectivity index (χ0) is 25.9. The van der Waals surface area contributed by atoms with Crippen LogP contribution >= 0.6 is 0 Å². The van der Waals surface area contributed by atoms with Gasteiger partial charge in [-0.15, -0.1) is 6.42 Å². The topological polar surface area (TPSA) is 84.5 Å². The van der Waals surface area contributed by atoms with E-state index in [2.05, 4.69) is 15.8 Å². The van der Waals surface area contributed by atoms with Crippen LogP contribution in [0.5, 0.6) is 11.5 Å². The van der Waals surface area contributed by atoms with Crippen molar-refractivity contribution in [1.82, 2.24) is 9.88 Å². The highest BCUT2D eigenvalue weighted by Gasteiger charge is 2.32. The van der Waals surface area contributed by atoms with E-state index in [1.54, 1.807) is 12.3 Å². The quantitative estimate of drug-likeness (QED) is 0.261. The maximum atomic E-state index is 12.6. The number of nitrogens with two attached hydrogens (primary N) is 1. The summed E-state index contributed by atoms with van der Waals surface area (Å²) in [6.07, 6.45) is 7.97. The van der Waals surface area contributed by atoms with Gasteiger partial charge in [0.05, 0.1) is 24.1 Å². The molecule has 3 N–H and O–H groups in total. The molecular weight excluding hydrogens is 467 g/mol. The molecule has 3 heterocycles. The van der Waals surface area contributed by atoms with E-state index in [4.69, 9.17) is 27.0 Å². The number of pyridine rings is 1. The van der Waals surface area contributed by atoms with E-state index >= 15 is 0 Å². The van der Waals surface area contributed by atoms with Crippen LogP contribution in [0.4, 0.5) is 10.1 Å². The lowest BCUT2D eigenvalue weighted by molar-refractivity contribution is 0.0668. The zero-order valence-corrected chi connectivity index (χ0v) is 20.7. The summed E-state index contributed by atoms with van der Waals surface area (Å²) in [7, 11) is 0. The van der Waals surface area contributed by atoms with E-state index in [1.165, 1.54) is 6.21 Å². The van der Waals surface area contributed by atoms with Crippen molar-refractivity contribution in [3.05, 3.63) is 82.7 Å². The summed E-state index contributed by atoms with van der Waals surface area (Å²) in [6.45, 7) is 4.64. The molecule has 3 aromatic rings. The van der Waals surface area contributed by atoms with Crippen molar-refractivity contribution in [1.29, 1.82) is 5.41 Å². The SMILES string of the molecule is C#Cc1ccc(C2=C(C)c3ccc(N)c(C=N)c3OC2c2ccc(OCCN3CC(CF)C3)cn2)cc1. The number of terminal acetylenes is 1. The molecule has 1 unspecified atom stereocenters. The van der Waals surface area contributed by atoms with Gasteiger partial charge in [-0.1, -0.05) is 18.1 Å². The Morgan fingerprint density at radius 1 is 1.22 bits per heavy atom. The van der Waals surface area contributed by atoms with Gasteiger partial charge in [0, 0.05) is 54.2 Å². The molecule has 2 aromatic carbocycles. The predicted octanol–water partition coefficient (Wildman–Crippen LogP) is 4.99. The van der Waals surface area contributed by atoms with E-state index in [-0.39, 0.29) is 12.6 Å². The summed E-state index contributed by atoms with van der Waals surface area (Å²) in [6, 6.07) is 15.3. The van der Waals surface area contributed by atoms with Crippen molar-refractivity contribution in [3.63, 3.8) is 0 Å². The summed E-state index contributed by atoms with van der Waals surface area (Å²) >= 11 is 0. The number of hydrogen-bond donors (Lipinski definition) is 2. The van der Waals surface area contributed by atoms with Gasteiger partial charge in [-0.25, -0.2) is 0 Å². The van der Waals surface area contributed by atoms with Gasteiger partial charge in [-0.05, 0) is 54.5 Å². The fourth-order valence-corrected chi connectivity index (χ4v) is 4.91. The fourth-order valence-electron chi connectivity index (χ4n) is 4.91. The first-order valence-corrected chi connectivity index (χ1v) is 12.3. The Kier molecular flexibility index (Phi) is 6.93. The highest BCUT2D eigenvalue weighted by Crippen LogP contribution is 2.48. The molecule has 0 bridgehead atoms. The number of fused-ring (bicyclic) bond motifs is 1. The number of allylic oxidation sites excluding steroid dienone is 1. The third kappa shape index (κ3) is 4.81. The number of halogens is 1. The minimum absolute atomic E-state index is 0.165. The van der Waals surface area contributed by atoms with Gasteiger partial charge in [0.2, 0.25) is 0 Å². The Hall–Kier alpha value is -4.15. The Morgan fingerprint density at radius 2 is 2.00 bits per heavy atom. The largest absolute Gasteiger partial charge is 0.491 e. The number of ether oxygens (including phenoxy) is 2. The highest BCUT2D eigenvalue weighted by atomic mass is 19.1. The molecule has 1 aromatic heterocycles. The molecule has 0 amide bonds. The lowest BCUT2D eigenvalue weighted by Gasteiger charge is -2.37. The number of hydrogen-bond acceptors (Lipinski definition) is 6. The van der Waals surface area contributed by atoms with Crippen LogP contribution in [-0.4, -0.2) is 49.0 Å². The van der Waals surface area contributed by atoms with Crippen LogP contribution in [0.2, 0.25) is 0 Å². The normalized spacial score (nSPS) is 17.4. The van der Waals surface area contributed by atoms with Crippen LogP contribution in [0, 0.1) is 23.7 Å². The van der Waals surface area contributed by atoms with Gasteiger partial charge in [0.15, 0.2) is 6.10 Å². The van der Waals surface area contributed by atoms with Crippen molar-refractivity contribution in [2.45, 2.75) is 13.0 Å². The van der Waals surface area contributed by atoms with Gasteiger partial charge in [0.1, 0.15) is 18.1 Å². The fraction of sp³-hybridized carbons (Fsp3) is 0.267. The predicted molar refractivity (Wildman–Crippen MR) is 145 cm³/mol. The minimum Gasteiger partial charge on any atom is -0.491 e. The average molecular weight is 497 g/mol. The lowest BCUT2D eigenvalue weighted by atomic mass is 9.86. The minimum atomic E-state index is -0.516. The first-order valence-electron chi connectivity index (χ1n) is 12.3. The average Bonchev–Trinajstić information content (AvgIpc) is 2.90. The number of alkyl halides is 1. The van der Waals surface area contributed by atoms with Crippen LogP contribution in [0.1, 0.15) is 41.0 Å². The van der Waals surface area contributed by atoms with E-state index in [0.29, 0.717) is 35.1 Å². The molecule has 0 aliphatic carbocycles. The maximum Gasteiger partial charge on any atom is 0.166 e. The molecule has 5 rings (SSSR count). The number of anilines is 1. The maximum absolute atomic E-state index is 12.6. The molecule has 0 saturated carbocycles. The molecule has 0 radical (unpaired) electrons. The summed E-state index contributed by atoms with van der Waals surface area (Å²) < 4.78 is 25.0. The van der Waals surface area contributed by atoms with E-state index < -0.39 is 6.10 Å². The van der Waals surface area contributed by atoms with Crippen LogP contribution in [0.3, 0.4) is 0 Å². The van der Waals surface area contributed by atoms with Crippen LogP contribution in [0.15, 0.2) is 54.7 Å². The molecular formula is C30H29FN4O2. The third-order valence-electron chi connectivity index (χ3n) is 7.00. The van der Waals surface area contributed by atoms with Gasteiger partial charge in [0.25, 0.3) is 0 Å². The van der Waals surface area contributed by atoms with Gasteiger partial charge in [-0.3, -0.25) is 14.3 Å². The third-order valence-corrected chi connectivity index (χ3v) is 7.00. The van der Waals surface area contributed by atoms with Crippen molar-refractivity contribution >= 4 is 23.0 Å². The van der Waals surface area contributed by atoms with Gasteiger partial charge < -0.3 is 20.6 Å². The van der Waals surface area contributed by atoms with Crippen LogP contribution in [-0.2, 0) is 0 Å². The van der Waals surface area contributed by atoms with E-state index in [1.807, 2.05) is 49.4 Å². The number of nitrogens with one attached hydrogen (secondary N) is 1. The highest BCUT2D eigenvalue weighted by molar-refractivity contribution is 6.00. The number of likely N-dealkylation sites (tertiary alicyclic amines) is 1. The summed E-state index contributed by atoms with van der Waals surface area (Å²) in [5.74, 6) is 4.06. The Balaban J connectivity index is 1.44. The van der Waals surface area contributed by atoms with Crippen molar-refractivity contribution < 1.29 is 13.9 Å². The number of aromatic nitrogens is 1. The van der Waals surface area contributed by atoms with E-state index in [0.717, 1.165) is 47.5 Å². The number of benzene rings is 2. The summed E-state index contributed by atoms with van der Waals surface area (Å²) in [5, 5.41) is 7.91. The molecule has 2 aliphatic rings. The number of nitrogen functional groups attached to an aromatic ring is 1. The lowest BCUT2D eigenvalue weighted by Crippen LogP contribution is -2.49. The molecule has 7 heteroatoms. The Bertz CT molecular complexity index is 1370. The molecule has 1 fully saturated rings. The van der Waals surface area contributed by atoms with Crippen LogP contribution in [0.25, 0.3) is 11.1 Å². The molecule has 2 aliphatic heterocycles. The molecule has 0 spiro atoms. The molecule has 188 valence electrons. The van der Waals surface area contributed by atoms with Crippen molar-refractivity contribution in [3.8, 4) is 23.8 Å². The van der Waals surface area contributed by atoms with Crippen molar-refractivity contribution in [2.75, 3.05) is 38.6 Å². The molecule has 37 heavy (non-hydrogen) atoms. The van der Waals surface area contributed by atoms with Crippen LogP contribution < -0.4 is 15.2 Å².